The minimum Gasteiger partial charge on any atom is -0.468 e. The lowest BCUT2D eigenvalue weighted by molar-refractivity contribution is -0.162. The van der Waals surface area contributed by atoms with Gasteiger partial charge in [0.05, 0.1) is 14.2 Å². The number of methoxy groups -OCH3 is 2. The minimum absolute atomic E-state index is 0.0728. The second-order valence-electron chi connectivity index (χ2n) is 4.56. The molecule has 0 aromatic carbocycles. The Morgan fingerprint density at radius 3 is 1.94 bits per heavy atom. The lowest BCUT2D eigenvalue weighted by Gasteiger charge is -2.30. The van der Waals surface area contributed by atoms with Gasteiger partial charge in [-0.1, -0.05) is 33.6 Å². The van der Waals surface area contributed by atoms with E-state index in [1.807, 2.05) is 13.8 Å². The Morgan fingerprint density at radius 1 is 1.06 bits per heavy atom. The van der Waals surface area contributed by atoms with Crippen LogP contribution >= 0.6 is 0 Å². The number of carbonyl (C=O) groups excluding carboxylic acids is 2. The quantitative estimate of drug-likeness (QED) is 0.577. The summed E-state index contributed by atoms with van der Waals surface area (Å²) in [5, 5.41) is 0. The van der Waals surface area contributed by atoms with Crippen LogP contribution in [0.25, 0.3) is 0 Å². The van der Waals surface area contributed by atoms with Crippen molar-refractivity contribution in [3.63, 3.8) is 0 Å². The molecule has 1 unspecified atom stereocenters. The highest BCUT2D eigenvalue weighted by atomic mass is 16.5. The Balaban J connectivity index is 0.00000137. The van der Waals surface area contributed by atoms with Crippen LogP contribution in [0.5, 0.6) is 0 Å². The zero-order valence-corrected chi connectivity index (χ0v) is 12.2. The SMILES string of the molecule is CC.COC(=O)C(C(=O)OC)C1CCC[C@@H](C)C1. The minimum atomic E-state index is -0.738. The molecule has 18 heavy (non-hydrogen) atoms. The van der Waals surface area contributed by atoms with Gasteiger partial charge in [0.15, 0.2) is 5.92 Å². The first-order chi connectivity index (χ1) is 8.60. The molecule has 1 rings (SSSR count). The van der Waals surface area contributed by atoms with Crippen molar-refractivity contribution in [3.05, 3.63) is 0 Å². The van der Waals surface area contributed by atoms with E-state index in [9.17, 15) is 9.59 Å². The third kappa shape index (κ3) is 4.67. The maximum atomic E-state index is 11.6. The fourth-order valence-electron chi connectivity index (χ4n) is 2.52. The summed E-state index contributed by atoms with van der Waals surface area (Å²) in [4.78, 5) is 23.2. The van der Waals surface area contributed by atoms with Gasteiger partial charge < -0.3 is 9.47 Å². The van der Waals surface area contributed by atoms with Gasteiger partial charge >= 0.3 is 11.9 Å². The molecule has 0 spiro atoms. The average Bonchev–Trinajstić information content (AvgIpc) is 2.41. The summed E-state index contributed by atoms with van der Waals surface area (Å²) < 4.78 is 9.37. The predicted molar refractivity (Wildman–Crippen MR) is 70.0 cm³/mol. The van der Waals surface area contributed by atoms with E-state index < -0.39 is 17.9 Å². The summed E-state index contributed by atoms with van der Waals surface area (Å²) in [6, 6.07) is 0. The Morgan fingerprint density at radius 2 is 1.56 bits per heavy atom. The van der Waals surface area contributed by atoms with Crippen molar-refractivity contribution in [1.82, 2.24) is 0 Å². The van der Waals surface area contributed by atoms with Crippen molar-refractivity contribution in [2.45, 2.75) is 46.5 Å². The lowest BCUT2D eigenvalue weighted by atomic mass is 9.75. The van der Waals surface area contributed by atoms with Crippen LogP contribution in [0, 0.1) is 17.8 Å². The fraction of sp³-hybridized carbons (Fsp3) is 0.857. The van der Waals surface area contributed by atoms with Gasteiger partial charge in [-0.2, -0.15) is 0 Å². The van der Waals surface area contributed by atoms with Gasteiger partial charge in [-0.15, -0.1) is 0 Å². The number of esters is 2. The number of hydrogen-bond donors (Lipinski definition) is 0. The average molecular weight is 258 g/mol. The highest BCUT2D eigenvalue weighted by molar-refractivity contribution is 5.95. The molecule has 0 bridgehead atoms. The first kappa shape index (κ1) is 16.9. The third-order valence-corrected chi connectivity index (χ3v) is 3.36. The van der Waals surface area contributed by atoms with E-state index in [2.05, 4.69) is 16.4 Å². The number of hydrogen-bond acceptors (Lipinski definition) is 4. The molecule has 0 aromatic heterocycles. The van der Waals surface area contributed by atoms with E-state index in [0.717, 1.165) is 19.3 Å². The molecule has 2 atom stereocenters. The van der Waals surface area contributed by atoms with Gasteiger partial charge in [-0.05, 0) is 24.7 Å². The highest BCUT2D eigenvalue weighted by Gasteiger charge is 2.38. The second kappa shape index (κ2) is 8.95. The Hall–Kier alpha value is -1.06. The summed E-state index contributed by atoms with van der Waals surface area (Å²) >= 11 is 0. The molecule has 0 amide bonds. The van der Waals surface area contributed by atoms with Crippen LogP contribution in [0.1, 0.15) is 46.5 Å². The Bertz CT molecular complexity index is 247. The molecule has 4 nitrogen and oxygen atoms in total. The standard InChI is InChI=1S/C12H20O4.C2H6/c1-8-5-4-6-9(7-8)10(11(13)15-2)12(14)16-3;1-2/h8-10H,4-7H2,1-3H3;1-2H3/t8-,9?;/m1./s1. The molecule has 0 heterocycles. The van der Waals surface area contributed by atoms with Crippen LogP contribution in [-0.2, 0) is 19.1 Å². The van der Waals surface area contributed by atoms with Crippen LogP contribution < -0.4 is 0 Å². The molecular weight excluding hydrogens is 232 g/mol. The zero-order chi connectivity index (χ0) is 14.1. The van der Waals surface area contributed by atoms with Crippen molar-refractivity contribution >= 4 is 11.9 Å². The molecule has 0 aliphatic heterocycles. The van der Waals surface area contributed by atoms with E-state index in [-0.39, 0.29) is 5.92 Å². The summed E-state index contributed by atoms with van der Waals surface area (Å²) in [6.07, 6.45) is 4.04. The van der Waals surface area contributed by atoms with E-state index in [4.69, 9.17) is 0 Å². The van der Waals surface area contributed by atoms with E-state index in [1.165, 1.54) is 20.6 Å². The predicted octanol–water partition coefficient (Wildman–Crippen LogP) is 2.80. The van der Waals surface area contributed by atoms with Crippen molar-refractivity contribution < 1.29 is 19.1 Å². The molecular formula is C14H26O4. The molecule has 1 aliphatic carbocycles. The maximum Gasteiger partial charge on any atom is 0.320 e. The van der Waals surface area contributed by atoms with Gasteiger partial charge in [-0.25, -0.2) is 0 Å². The third-order valence-electron chi connectivity index (χ3n) is 3.36. The van der Waals surface area contributed by atoms with Crippen LogP contribution in [0.4, 0.5) is 0 Å². The molecule has 0 radical (unpaired) electrons. The molecule has 0 saturated heterocycles. The molecule has 4 heteroatoms. The van der Waals surface area contributed by atoms with Crippen molar-refractivity contribution in [2.24, 2.45) is 17.8 Å². The van der Waals surface area contributed by atoms with Crippen LogP contribution in [0.2, 0.25) is 0 Å². The summed E-state index contributed by atoms with van der Waals surface area (Å²) in [7, 11) is 2.62. The fourth-order valence-corrected chi connectivity index (χ4v) is 2.52. The smallest absolute Gasteiger partial charge is 0.320 e. The largest absolute Gasteiger partial charge is 0.468 e. The van der Waals surface area contributed by atoms with Crippen LogP contribution in [0.15, 0.2) is 0 Å². The van der Waals surface area contributed by atoms with Crippen LogP contribution in [-0.4, -0.2) is 26.2 Å². The lowest BCUT2D eigenvalue weighted by Crippen LogP contribution is -2.35. The molecule has 1 saturated carbocycles. The van der Waals surface area contributed by atoms with Crippen molar-refractivity contribution in [3.8, 4) is 0 Å². The Labute approximate surface area is 110 Å². The van der Waals surface area contributed by atoms with Gasteiger partial charge in [0, 0.05) is 0 Å². The van der Waals surface area contributed by atoms with E-state index >= 15 is 0 Å². The topological polar surface area (TPSA) is 52.6 Å². The maximum absolute atomic E-state index is 11.6. The summed E-state index contributed by atoms with van der Waals surface area (Å²) in [6.45, 7) is 6.15. The van der Waals surface area contributed by atoms with E-state index in [1.54, 1.807) is 0 Å². The normalized spacial score (nSPS) is 22.8. The van der Waals surface area contributed by atoms with Gasteiger partial charge in [0.25, 0.3) is 0 Å². The molecule has 1 fully saturated rings. The number of rotatable bonds is 3. The first-order valence-electron chi connectivity index (χ1n) is 6.75. The molecule has 0 aromatic rings. The van der Waals surface area contributed by atoms with E-state index in [0.29, 0.717) is 5.92 Å². The first-order valence-corrected chi connectivity index (χ1v) is 6.75. The van der Waals surface area contributed by atoms with Crippen LogP contribution in [0.3, 0.4) is 0 Å². The van der Waals surface area contributed by atoms with Crippen molar-refractivity contribution in [2.75, 3.05) is 14.2 Å². The van der Waals surface area contributed by atoms with Crippen molar-refractivity contribution in [1.29, 1.82) is 0 Å². The zero-order valence-electron chi connectivity index (χ0n) is 12.2. The van der Waals surface area contributed by atoms with Gasteiger partial charge in [0.2, 0.25) is 0 Å². The summed E-state index contributed by atoms with van der Waals surface area (Å²) in [5.74, 6) is -1.03. The summed E-state index contributed by atoms with van der Waals surface area (Å²) in [5.41, 5.74) is 0. The molecule has 1 aliphatic rings. The Kier molecular flexibility index (Phi) is 8.42. The highest BCUT2D eigenvalue weighted by Crippen LogP contribution is 2.34. The molecule has 0 N–H and O–H groups in total. The second-order valence-corrected chi connectivity index (χ2v) is 4.56. The monoisotopic (exact) mass is 258 g/mol. The molecule has 106 valence electrons. The number of carbonyl (C=O) groups is 2. The van der Waals surface area contributed by atoms with Gasteiger partial charge in [-0.3, -0.25) is 9.59 Å². The number of ether oxygens (including phenoxy) is 2. The van der Waals surface area contributed by atoms with Gasteiger partial charge in [0.1, 0.15) is 0 Å².